The molecule has 36 heavy (non-hydrogen) atoms. The minimum atomic E-state index is -0.650. The van der Waals surface area contributed by atoms with Crippen LogP contribution in [0.4, 0.5) is 0 Å². The number of amides is 2. The normalized spacial score (nSPS) is 12.0. The first kappa shape index (κ1) is 27.0. The summed E-state index contributed by atoms with van der Waals surface area (Å²) in [6.45, 7) is 8.23. The van der Waals surface area contributed by atoms with Crippen LogP contribution >= 0.6 is 0 Å². The number of aryl methyl sites for hydroxylation is 2. The number of hydrogen-bond acceptors (Lipinski definition) is 3. The monoisotopic (exact) mass is 486 g/mol. The van der Waals surface area contributed by atoms with Gasteiger partial charge in [-0.1, -0.05) is 72.3 Å². The van der Waals surface area contributed by atoms with Crippen LogP contribution in [0.2, 0.25) is 0 Å². The summed E-state index contributed by atoms with van der Waals surface area (Å²) in [5.74, 6) is 0.514. The fourth-order valence-corrected chi connectivity index (χ4v) is 4.12. The largest absolute Gasteiger partial charge is 0.497 e. The van der Waals surface area contributed by atoms with E-state index in [9.17, 15) is 9.59 Å². The molecule has 0 aromatic heterocycles. The van der Waals surface area contributed by atoms with Crippen LogP contribution in [0.15, 0.2) is 78.9 Å². The molecule has 0 aliphatic carbocycles. The third-order valence-corrected chi connectivity index (χ3v) is 6.00. The predicted octanol–water partition coefficient (Wildman–Crippen LogP) is 5.49. The van der Waals surface area contributed by atoms with Crippen molar-refractivity contribution < 1.29 is 14.3 Å². The van der Waals surface area contributed by atoms with Gasteiger partial charge >= 0.3 is 0 Å². The molecule has 5 nitrogen and oxygen atoms in total. The third-order valence-electron chi connectivity index (χ3n) is 6.00. The average molecular weight is 487 g/mol. The van der Waals surface area contributed by atoms with Crippen molar-refractivity contribution in [1.82, 2.24) is 10.2 Å². The zero-order valence-electron chi connectivity index (χ0n) is 22.1. The van der Waals surface area contributed by atoms with Gasteiger partial charge in [-0.25, -0.2) is 0 Å². The van der Waals surface area contributed by atoms with Crippen molar-refractivity contribution in [2.24, 2.45) is 0 Å². The fraction of sp³-hybridized carbons (Fsp3) is 0.355. The van der Waals surface area contributed by atoms with Gasteiger partial charge in [0, 0.05) is 24.9 Å². The number of nitrogens with one attached hydrogen (secondary N) is 1. The number of nitrogens with zero attached hydrogens (tertiary/aromatic N) is 1. The fourth-order valence-electron chi connectivity index (χ4n) is 4.12. The van der Waals surface area contributed by atoms with Crippen molar-refractivity contribution in [3.05, 3.63) is 101 Å². The lowest BCUT2D eigenvalue weighted by Crippen LogP contribution is -2.54. The summed E-state index contributed by atoms with van der Waals surface area (Å²) in [4.78, 5) is 29.1. The van der Waals surface area contributed by atoms with Crippen LogP contribution in [0.3, 0.4) is 0 Å². The van der Waals surface area contributed by atoms with Crippen molar-refractivity contribution in [3.63, 3.8) is 0 Å². The van der Waals surface area contributed by atoms with Crippen molar-refractivity contribution in [2.45, 2.75) is 65.1 Å². The second kappa shape index (κ2) is 12.4. The van der Waals surface area contributed by atoms with Gasteiger partial charge in [0.25, 0.3) is 0 Å². The molecular weight excluding hydrogens is 448 g/mol. The topological polar surface area (TPSA) is 58.6 Å². The van der Waals surface area contributed by atoms with Gasteiger partial charge in [-0.3, -0.25) is 9.59 Å². The van der Waals surface area contributed by atoms with E-state index in [-0.39, 0.29) is 11.8 Å². The summed E-state index contributed by atoms with van der Waals surface area (Å²) in [6.07, 6.45) is 1.37. The minimum Gasteiger partial charge on any atom is -0.497 e. The summed E-state index contributed by atoms with van der Waals surface area (Å²) in [5.41, 5.74) is 3.80. The van der Waals surface area contributed by atoms with Crippen LogP contribution < -0.4 is 10.1 Å². The van der Waals surface area contributed by atoms with Crippen LogP contribution in [0, 0.1) is 6.92 Å². The van der Waals surface area contributed by atoms with Gasteiger partial charge < -0.3 is 15.0 Å². The molecule has 0 aliphatic rings. The molecule has 0 spiro atoms. The quantitative estimate of drug-likeness (QED) is 0.412. The summed E-state index contributed by atoms with van der Waals surface area (Å²) in [5, 5.41) is 3.11. The second-order valence-corrected chi connectivity index (χ2v) is 10.3. The van der Waals surface area contributed by atoms with Crippen molar-refractivity contribution in [3.8, 4) is 5.75 Å². The Labute approximate surface area is 215 Å². The highest BCUT2D eigenvalue weighted by Gasteiger charge is 2.32. The Balaban J connectivity index is 1.93. The number of benzene rings is 3. The predicted molar refractivity (Wildman–Crippen MR) is 145 cm³/mol. The Bertz CT molecular complexity index is 1130. The smallest absolute Gasteiger partial charge is 0.243 e. The van der Waals surface area contributed by atoms with Crippen molar-refractivity contribution in [1.29, 1.82) is 0 Å². The maximum absolute atomic E-state index is 13.8. The highest BCUT2D eigenvalue weighted by Crippen LogP contribution is 2.20. The van der Waals surface area contributed by atoms with Crippen molar-refractivity contribution in [2.75, 3.05) is 7.11 Å². The number of rotatable bonds is 10. The van der Waals surface area contributed by atoms with E-state index in [0.29, 0.717) is 25.8 Å². The SMILES string of the molecule is COc1cccc(CN(C(=O)CCc2ccc(C)cc2)[C@H](Cc2ccccc2)C(=O)NC(C)(C)C)c1. The molecule has 5 heteroatoms. The van der Waals surface area contributed by atoms with Gasteiger partial charge in [0.15, 0.2) is 0 Å². The van der Waals surface area contributed by atoms with Crippen molar-refractivity contribution >= 4 is 11.8 Å². The molecule has 0 saturated heterocycles. The number of methoxy groups -OCH3 is 1. The van der Waals surface area contributed by atoms with E-state index in [1.54, 1.807) is 12.0 Å². The van der Waals surface area contributed by atoms with E-state index in [0.717, 1.165) is 22.4 Å². The van der Waals surface area contributed by atoms with E-state index in [1.165, 1.54) is 5.56 Å². The Morgan fingerprint density at radius 2 is 1.56 bits per heavy atom. The lowest BCUT2D eigenvalue weighted by Gasteiger charge is -2.34. The average Bonchev–Trinajstić information content (AvgIpc) is 2.85. The molecule has 190 valence electrons. The third kappa shape index (κ3) is 8.26. The maximum Gasteiger partial charge on any atom is 0.243 e. The summed E-state index contributed by atoms with van der Waals surface area (Å²) < 4.78 is 5.40. The standard InChI is InChI=1S/C31H38N2O3/c1-23-14-16-24(17-15-23)18-19-29(34)33(22-26-12-9-13-27(20-26)36-5)28(30(35)32-31(2,3)4)21-25-10-7-6-8-11-25/h6-17,20,28H,18-19,21-22H2,1-5H3,(H,32,35)/t28-/m1/s1. The molecule has 3 aromatic carbocycles. The lowest BCUT2D eigenvalue weighted by atomic mass is 9.99. The van der Waals surface area contributed by atoms with Crippen LogP contribution in [0.5, 0.6) is 5.75 Å². The zero-order chi connectivity index (χ0) is 26.1. The zero-order valence-corrected chi connectivity index (χ0v) is 22.1. The molecule has 3 rings (SSSR count). The first-order valence-corrected chi connectivity index (χ1v) is 12.5. The molecule has 0 unspecified atom stereocenters. The molecule has 0 saturated carbocycles. The molecule has 2 amide bonds. The van der Waals surface area contributed by atoms with E-state index in [4.69, 9.17) is 4.74 Å². The highest BCUT2D eigenvalue weighted by molar-refractivity contribution is 5.88. The molecule has 3 aromatic rings. The summed E-state index contributed by atoms with van der Waals surface area (Å²) in [6, 6.07) is 25.1. The molecule has 0 heterocycles. The first-order valence-electron chi connectivity index (χ1n) is 12.5. The molecule has 0 aliphatic heterocycles. The molecule has 0 fully saturated rings. The highest BCUT2D eigenvalue weighted by atomic mass is 16.5. The second-order valence-electron chi connectivity index (χ2n) is 10.3. The Morgan fingerprint density at radius 3 is 2.19 bits per heavy atom. The number of ether oxygens (including phenoxy) is 1. The van der Waals surface area contributed by atoms with Gasteiger partial charge in [-0.15, -0.1) is 0 Å². The van der Waals surface area contributed by atoms with Gasteiger partial charge in [-0.2, -0.15) is 0 Å². The maximum atomic E-state index is 13.8. The molecule has 0 radical (unpaired) electrons. The van der Waals surface area contributed by atoms with Crippen LogP contribution in [0.25, 0.3) is 0 Å². The lowest BCUT2D eigenvalue weighted by molar-refractivity contribution is -0.141. The Morgan fingerprint density at radius 1 is 0.889 bits per heavy atom. The summed E-state index contributed by atoms with van der Waals surface area (Å²) >= 11 is 0. The summed E-state index contributed by atoms with van der Waals surface area (Å²) in [7, 11) is 1.62. The van der Waals surface area contributed by atoms with E-state index in [1.807, 2.05) is 82.3 Å². The number of carbonyl (C=O) groups is 2. The number of hydrogen-bond donors (Lipinski definition) is 1. The minimum absolute atomic E-state index is 0.0524. The van der Waals surface area contributed by atoms with E-state index < -0.39 is 11.6 Å². The van der Waals surface area contributed by atoms with Gasteiger partial charge in [-0.05, 0) is 62.9 Å². The van der Waals surface area contributed by atoms with Gasteiger partial charge in [0.05, 0.1) is 7.11 Å². The number of carbonyl (C=O) groups excluding carboxylic acids is 2. The van der Waals surface area contributed by atoms with Crippen LogP contribution in [-0.4, -0.2) is 35.4 Å². The molecule has 1 N–H and O–H groups in total. The van der Waals surface area contributed by atoms with Crippen LogP contribution in [-0.2, 0) is 29.0 Å². The van der Waals surface area contributed by atoms with E-state index >= 15 is 0 Å². The van der Waals surface area contributed by atoms with Crippen LogP contribution in [0.1, 0.15) is 49.4 Å². The molecule has 0 bridgehead atoms. The first-order chi connectivity index (χ1) is 17.1. The molecule has 1 atom stereocenters. The molecular formula is C31H38N2O3. The van der Waals surface area contributed by atoms with Gasteiger partial charge in [0.2, 0.25) is 11.8 Å². The van der Waals surface area contributed by atoms with E-state index in [2.05, 4.69) is 29.6 Å². The van der Waals surface area contributed by atoms with Gasteiger partial charge in [0.1, 0.15) is 11.8 Å². The Hall–Kier alpha value is -3.60. The Kier molecular flexibility index (Phi) is 9.29.